The molecule has 5 nitrogen and oxygen atoms in total. The van der Waals surface area contributed by atoms with Gasteiger partial charge in [-0.25, -0.2) is 0 Å². The van der Waals surface area contributed by atoms with Gasteiger partial charge in [-0.05, 0) is 65.9 Å². The fraction of sp³-hybridized carbons (Fsp3) is 0.259. The lowest BCUT2D eigenvalue weighted by Gasteiger charge is -2.19. The van der Waals surface area contributed by atoms with Gasteiger partial charge < -0.3 is 15.4 Å². The molecule has 3 aromatic rings. The van der Waals surface area contributed by atoms with Crippen LogP contribution in [0.1, 0.15) is 50.0 Å². The molecule has 1 atom stereocenters. The van der Waals surface area contributed by atoms with Gasteiger partial charge in [0.05, 0.1) is 0 Å². The zero-order valence-corrected chi connectivity index (χ0v) is 20.1. The molecular formula is C27H29ClN2O3. The first-order chi connectivity index (χ1) is 15.7. The minimum absolute atomic E-state index is 0.0222. The average molecular weight is 465 g/mol. The molecule has 0 radical (unpaired) electrons. The maximum atomic E-state index is 12.7. The number of rotatable bonds is 7. The lowest BCUT2D eigenvalue weighted by molar-refractivity contribution is -0.122. The first-order valence-electron chi connectivity index (χ1n) is 10.9. The Morgan fingerprint density at radius 1 is 0.909 bits per heavy atom. The Labute approximate surface area is 200 Å². The highest BCUT2D eigenvalue weighted by Gasteiger charge is 2.19. The predicted octanol–water partition coefficient (Wildman–Crippen LogP) is 6.69. The van der Waals surface area contributed by atoms with Crippen molar-refractivity contribution >= 4 is 34.8 Å². The van der Waals surface area contributed by atoms with Crippen LogP contribution < -0.4 is 15.4 Å². The second-order valence-corrected chi connectivity index (χ2v) is 9.26. The fourth-order valence-corrected chi connectivity index (χ4v) is 3.43. The van der Waals surface area contributed by atoms with Crippen LogP contribution in [0.4, 0.5) is 11.4 Å². The van der Waals surface area contributed by atoms with Crippen LogP contribution >= 0.6 is 11.6 Å². The highest BCUT2D eigenvalue weighted by atomic mass is 35.5. The Morgan fingerprint density at radius 3 is 2.15 bits per heavy atom. The summed E-state index contributed by atoms with van der Waals surface area (Å²) in [6.07, 6.45) is -0.192. The summed E-state index contributed by atoms with van der Waals surface area (Å²) in [5.74, 6) is 0.0383. The fourth-order valence-electron chi connectivity index (χ4n) is 3.25. The summed E-state index contributed by atoms with van der Waals surface area (Å²) >= 11 is 6.00. The minimum atomic E-state index is -0.678. The van der Waals surface area contributed by atoms with E-state index in [2.05, 4.69) is 31.4 Å². The number of nitrogens with one attached hydrogen (secondary N) is 2. The molecular weight excluding hydrogens is 436 g/mol. The summed E-state index contributed by atoms with van der Waals surface area (Å²) < 4.78 is 5.80. The molecule has 0 aliphatic carbocycles. The third-order valence-corrected chi connectivity index (χ3v) is 5.37. The van der Waals surface area contributed by atoms with Crippen LogP contribution in [0, 0.1) is 0 Å². The summed E-state index contributed by atoms with van der Waals surface area (Å²) in [6, 6.07) is 21.5. The van der Waals surface area contributed by atoms with Crippen LogP contribution in [0.5, 0.6) is 5.75 Å². The van der Waals surface area contributed by atoms with Gasteiger partial charge in [-0.15, -0.1) is 0 Å². The first kappa shape index (κ1) is 24.3. The van der Waals surface area contributed by atoms with Crippen molar-refractivity contribution in [3.05, 3.63) is 88.9 Å². The van der Waals surface area contributed by atoms with Crippen LogP contribution in [-0.2, 0) is 10.2 Å². The van der Waals surface area contributed by atoms with Gasteiger partial charge >= 0.3 is 0 Å². The van der Waals surface area contributed by atoms with Crippen molar-refractivity contribution in [2.75, 3.05) is 10.6 Å². The minimum Gasteiger partial charge on any atom is -0.481 e. The summed E-state index contributed by atoms with van der Waals surface area (Å²) in [5, 5.41) is 6.28. The summed E-state index contributed by atoms with van der Waals surface area (Å²) in [6.45, 7) is 8.26. The zero-order valence-electron chi connectivity index (χ0n) is 19.3. The Hall–Kier alpha value is -3.31. The SMILES string of the molecule is CC[C@@H](Oc1cccc(Cl)c1)C(=O)Nc1cccc(NC(=O)c2ccc(C(C)(C)C)cc2)c1. The monoisotopic (exact) mass is 464 g/mol. The van der Waals surface area contributed by atoms with E-state index in [1.165, 1.54) is 0 Å². The molecule has 0 unspecified atom stereocenters. The first-order valence-corrected chi connectivity index (χ1v) is 11.3. The Balaban J connectivity index is 1.65. The highest BCUT2D eigenvalue weighted by Crippen LogP contribution is 2.23. The Morgan fingerprint density at radius 2 is 1.55 bits per heavy atom. The van der Waals surface area contributed by atoms with Gasteiger partial charge in [0.1, 0.15) is 5.75 Å². The molecule has 0 saturated carbocycles. The van der Waals surface area contributed by atoms with Crippen molar-refractivity contribution in [2.24, 2.45) is 0 Å². The van der Waals surface area contributed by atoms with Crippen molar-refractivity contribution in [2.45, 2.75) is 45.6 Å². The second kappa shape index (κ2) is 10.5. The average Bonchev–Trinajstić information content (AvgIpc) is 2.77. The van der Waals surface area contributed by atoms with E-state index in [1.807, 2.05) is 31.2 Å². The number of hydrogen-bond donors (Lipinski definition) is 2. The highest BCUT2D eigenvalue weighted by molar-refractivity contribution is 6.30. The topological polar surface area (TPSA) is 67.4 Å². The lowest BCUT2D eigenvalue weighted by atomic mass is 9.87. The lowest BCUT2D eigenvalue weighted by Crippen LogP contribution is -2.32. The second-order valence-electron chi connectivity index (χ2n) is 8.82. The molecule has 0 aliphatic rings. The third-order valence-electron chi connectivity index (χ3n) is 5.14. The number of anilines is 2. The molecule has 0 bridgehead atoms. The molecule has 2 N–H and O–H groups in total. The Kier molecular flexibility index (Phi) is 7.77. The molecule has 3 aromatic carbocycles. The molecule has 0 aromatic heterocycles. The van der Waals surface area contributed by atoms with Crippen LogP contribution in [0.3, 0.4) is 0 Å². The maximum Gasteiger partial charge on any atom is 0.265 e. The Bertz CT molecular complexity index is 1120. The molecule has 6 heteroatoms. The molecule has 3 rings (SSSR count). The van der Waals surface area contributed by atoms with Crippen LogP contribution in [-0.4, -0.2) is 17.9 Å². The van der Waals surface area contributed by atoms with Crippen molar-refractivity contribution in [1.82, 2.24) is 0 Å². The standard InChI is InChI=1S/C27H29ClN2O3/c1-5-24(33-23-11-6-8-20(28)16-23)26(32)30-22-10-7-9-21(17-22)29-25(31)18-12-14-19(15-13-18)27(2,3)4/h6-17,24H,5H2,1-4H3,(H,29,31)(H,30,32)/t24-/m1/s1. The molecule has 172 valence electrons. The zero-order chi connectivity index (χ0) is 24.0. The molecule has 0 fully saturated rings. The molecule has 0 heterocycles. The number of benzene rings is 3. The van der Waals surface area contributed by atoms with Crippen molar-refractivity contribution in [1.29, 1.82) is 0 Å². The van der Waals surface area contributed by atoms with E-state index >= 15 is 0 Å². The largest absolute Gasteiger partial charge is 0.481 e. The van der Waals surface area contributed by atoms with E-state index in [1.54, 1.807) is 48.5 Å². The van der Waals surface area contributed by atoms with Crippen LogP contribution in [0.15, 0.2) is 72.8 Å². The van der Waals surface area contributed by atoms with Crippen molar-refractivity contribution in [3.63, 3.8) is 0 Å². The summed E-state index contributed by atoms with van der Waals surface area (Å²) in [7, 11) is 0. The number of halogens is 1. The van der Waals surface area contributed by atoms with Crippen molar-refractivity contribution in [3.8, 4) is 5.75 Å². The van der Waals surface area contributed by atoms with Gasteiger partial charge in [0.25, 0.3) is 11.8 Å². The summed E-state index contributed by atoms with van der Waals surface area (Å²) in [5.41, 5.74) is 2.90. The smallest absolute Gasteiger partial charge is 0.265 e. The van der Waals surface area contributed by atoms with E-state index in [0.29, 0.717) is 34.1 Å². The van der Waals surface area contributed by atoms with Crippen LogP contribution in [0.25, 0.3) is 0 Å². The van der Waals surface area contributed by atoms with Gasteiger partial charge in [0.15, 0.2) is 6.10 Å². The van der Waals surface area contributed by atoms with E-state index in [4.69, 9.17) is 16.3 Å². The van der Waals surface area contributed by atoms with E-state index < -0.39 is 6.10 Å². The number of carbonyl (C=O) groups is 2. The number of hydrogen-bond acceptors (Lipinski definition) is 3. The quantitative estimate of drug-likeness (QED) is 0.409. The van der Waals surface area contributed by atoms with Gasteiger partial charge in [0, 0.05) is 22.0 Å². The van der Waals surface area contributed by atoms with Gasteiger partial charge in [0.2, 0.25) is 0 Å². The molecule has 33 heavy (non-hydrogen) atoms. The summed E-state index contributed by atoms with van der Waals surface area (Å²) in [4.78, 5) is 25.4. The molecule has 0 spiro atoms. The number of ether oxygens (including phenoxy) is 1. The number of amides is 2. The van der Waals surface area contributed by atoms with E-state index in [0.717, 1.165) is 5.56 Å². The molecule has 0 aliphatic heterocycles. The van der Waals surface area contributed by atoms with E-state index in [-0.39, 0.29) is 17.2 Å². The van der Waals surface area contributed by atoms with Crippen LogP contribution in [0.2, 0.25) is 5.02 Å². The third kappa shape index (κ3) is 6.83. The van der Waals surface area contributed by atoms with Gasteiger partial charge in [-0.1, -0.05) is 63.6 Å². The molecule has 2 amide bonds. The van der Waals surface area contributed by atoms with Gasteiger partial charge in [-0.3, -0.25) is 9.59 Å². The predicted molar refractivity (Wildman–Crippen MR) is 134 cm³/mol. The number of carbonyl (C=O) groups excluding carboxylic acids is 2. The van der Waals surface area contributed by atoms with E-state index in [9.17, 15) is 9.59 Å². The van der Waals surface area contributed by atoms with Gasteiger partial charge in [-0.2, -0.15) is 0 Å². The van der Waals surface area contributed by atoms with Crippen molar-refractivity contribution < 1.29 is 14.3 Å². The molecule has 0 saturated heterocycles. The maximum absolute atomic E-state index is 12.7. The normalized spacial score (nSPS) is 12.0.